The minimum atomic E-state index is 0.137. The minimum Gasteiger partial charge on any atom is -0.294 e. The number of hydrogen-bond donors (Lipinski definition) is 0. The quantitative estimate of drug-likeness (QED) is 0.818. The van der Waals surface area contributed by atoms with Gasteiger partial charge in [-0.05, 0) is 22.0 Å². The van der Waals surface area contributed by atoms with E-state index in [-0.39, 0.29) is 5.78 Å². The average molecular weight is 294 g/mol. The fraction of sp³-hybridized carbons (Fsp3) is 0.250. The molecular weight excluding hydrogens is 282 g/mol. The van der Waals surface area contributed by atoms with Gasteiger partial charge in [0.25, 0.3) is 0 Å². The van der Waals surface area contributed by atoms with Crippen LogP contribution in [0.1, 0.15) is 23.7 Å². The number of benzene rings is 1. The van der Waals surface area contributed by atoms with E-state index in [1.807, 2.05) is 38.2 Å². The van der Waals surface area contributed by atoms with Crippen LogP contribution in [0.2, 0.25) is 0 Å². The second-order valence-corrected chi connectivity index (χ2v) is 4.46. The monoisotopic (exact) mass is 293 g/mol. The van der Waals surface area contributed by atoms with Crippen molar-refractivity contribution < 1.29 is 4.79 Å². The average Bonchev–Trinajstić information content (AvgIpc) is 2.68. The molecule has 2 rings (SSSR count). The number of aromatic nitrogens is 3. The van der Waals surface area contributed by atoms with E-state index in [2.05, 4.69) is 26.2 Å². The van der Waals surface area contributed by atoms with E-state index in [0.717, 1.165) is 16.8 Å². The van der Waals surface area contributed by atoms with Gasteiger partial charge in [-0.25, -0.2) is 4.68 Å². The van der Waals surface area contributed by atoms with Gasteiger partial charge in [0.2, 0.25) is 0 Å². The van der Waals surface area contributed by atoms with Crippen molar-refractivity contribution in [2.24, 2.45) is 7.05 Å². The van der Waals surface area contributed by atoms with Crippen molar-refractivity contribution in [1.82, 2.24) is 15.0 Å². The number of hydrogen-bond acceptors (Lipinski definition) is 3. The van der Waals surface area contributed by atoms with E-state index in [9.17, 15) is 4.79 Å². The van der Waals surface area contributed by atoms with Crippen molar-refractivity contribution in [2.75, 3.05) is 0 Å². The highest BCUT2D eigenvalue weighted by Crippen LogP contribution is 2.26. The van der Waals surface area contributed by atoms with Gasteiger partial charge in [-0.15, -0.1) is 5.10 Å². The van der Waals surface area contributed by atoms with Crippen LogP contribution >= 0.6 is 15.9 Å². The molecule has 1 aromatic carbocycles. The molecule has 0 radical (unpaired) electrons. The summed E-state index contributed by atoms with van der Waals surface area (Å²) in [5, 5.41) is 7.85. The van der Waals surface area contributed by atoms with Gasteiger partial charge in [-0.3, -0.25) is 4.79 Å². The van der Waals surface area contributed by atoms with Gasteiger partial charge in [0, 0.05) is 24.6 Å². The molecule has 88 valence electrons. The number of ketones is 1. The standard InChI is InChI=1S/C12H12BrN3O/c1-3-10(17)8-5-4-6-9(7-8)11-12(13)14-15-16(11)2/h4-7H,3H2,1-2H3. The summed E-state index contributed by atoms with van der Waals surface area (Å²) in [5.41, 5.74) is 2.53. The van der Waals surface area contributed by atoms with Crippen LogP contribution in [0.4, 0.5) is 0 Å². The van der Waals surface area contributed by atoms with E-state index >= 15 is 0 Å². The molecule has 0 atom stereocenters. The molecule has 0 bridgehead atoms. The van der Waals surface area contributed by atoms with E-state index < -0.39 is 0 Å². The van der Waals surface area contributed by atoms with E-state index in [4.69, 9.17) is 0 Å². The van der Waals surface area contributed by atoms with Crippen LogP contribution in [-0.2, 0) is 7.05 Å². The molecule has 0 aliphatic heterocycles. The number of carbonyl (C=O) groups is 1. The number of aryl methyl sites for hydroxylation is 1. The van der Waals surface area contributed by atoms with Gasteiger partial charge in [-0.2, -0.15) is 0 Å². The highest BCUT2D eigenvalue weighted by Gasteiger charge is 2.12. The van der Waals surface area contributed by atoms with Crippen LogP contribution in [0.5, 0.6) is 0 Å². The molecule has 17 heavy (non-hydrogen) atoms. The van der Waals surface area contributed by atoms with Crippen LogP contribution in [0.25, 0.3) is 11.3 Å². The summed E-state index contributed by atoms with van der Waals surface area (Å²) >= 11 is 3.35. The molecule has 1 aromatic heterocycles. The van der Waals surface area contributed by atoms with Crippen molar-refractivity contribution in [2.45, 2.75) is 13.3 Å². The highest BCUT2D eigenvalue weighted by molar-refractivity contribution is 9.10. The number of Topliss-reactive ketones (excluding diaryl/α,β-unsaturated/α-hetero) is 1. The third-order valence-electron chi connectivity index (χ3n) is 2.56. The molecule has 0 saturated heterocycles. The molecule has 0 spiro atoms. The fourth-order valence-electron chi connectivity index (χ4n) is 1.68. The first-order valence-corrected chi connectivity index (χ1v) is 6.11. The van der Waals surface area contributed by atoms with Gasteiger partial charge in [0.05, 0.1) is 0 Å². The van der Waals surface area contributed by atoms with Crippen molar-refractivity contribution >= 4 is 21.7 Å². The lowest BCUT2D eigenvalue weighted by Gasteiger charge is -2.04. The summed E-state index contributed by atoms with van der Waals surface area (Å²) in [6.07, 6.45) is 0.508. The minimum absolute atomic E-state index is 0.137. The Bertz CT molecular complexity index is 543. The lowest BCUT2D eigenvalue weighted by molar-refractivity contribution is 0.0988. The second-order valence-electron chi connectivity index (χ2n) is 3.71. The molecule has 0 unspecified atom stereocenters. The predicted molar refractivity (Wildman–Crippen MR) is 68.8 cm³/mol. The summed E-state index contributed by atoms with van der Waals surface area (Å²) in [4.78, 5) is 11.7. The van der Waals surface area contributed by atoms with Crippen LogP contribution in [0.3, 0.4) is 0 Å². The molecule has 0 fully saturated rings. The number of nitrogens with zero attached hydrogens (tertiary/aromatic N) is 3. The predicted octanol–water partition coefficient (Wildman–Crippen LogP) is 2.84. The lowest BCUT2D eigenvalue weighted by atomic mass is 10.0. The Labute approximate surface area is 108 Å². The van der Waals surface area contributed by atoms with Crippen LogP contribution in [-0.4, -0.2) is 20.8 Å². The van der Waals surface area contributed by atoms with Gasteiger partial charge in [0.1, 0.15) is 5.69 Å². The summed E-state index contributed by atoms with van der Waals surface area (Å²) < 4.78 is 2.36. The van der Waals surface area contributed by atoms with Crippen LogP contribution < -0.4 is 0 Å². The van der Waals surface area contributed by atoms with Crippen molar-refractivity contribution in [1.29, 1.82) is 0 Å². The maximum absolute atomic E-state index is 11.7. The molecule has 0 N–H and O–H groups in total. The molecule has 4 nitrogen and oxygen atoms in total. The third kappa shape index (κ3) is 2.29. The first-order valence-electron chi connectivity index (χ1n) is 5.32. The SMILES string of the molecule is CCC(=O)c1cccc(-c2c(Br)nnn2C)c1. The molecule has 1 heterocycles. The zero-order chi connectivity index (χ0) is 12.4. The molecule has 0 aliphatic rings. The molecule has 2 aromatic rings. The van der Waals surface area contributed by atoms with E-state index in [1.54, 1.807) is 4.68 Å². The van der Waals surface area contributed by atoms with E-state index in [1.165, 1.54) is 0 Å². The Morgan fingerprint density at radius 1 is 1.47 bits per heavy atom. The second kappa shape index (κ2) is 4.79. The van der Waals surface area contributed by atoms with Crippen molar-refractivity contribution in [3.05, 3.63) is 34.4 Å². The van der Waals surface area contributed by atoms with E-state index in [0.29, 0.717) is 11.0 Å². The summed E-state index contributed by atoms with van der Waals surface area (Å²) in [7, 11) is 1.82. The number of halogens is 1. The number of carbonyl (C=O) groups excluding carboxylic acids is 1. The Kier molecular flexibility index (Phi) is 3.38. The topological polar surface area (TPSA) is 47.8 Å². The molecule has 0 amide bonds. The van der Waals surface area contributed by atoms with Crippen molar-refractivity contribution in [3.63, 3.8) is 0 Å². The fourth-order valence-corrected chi connectivity index (χ4v) is 2.24. The highest BCUT2D eigenvalue weighted by atomic mass is 79.9. The van der Waals surface area contributed by atoms with Gasteiger partial charge in [-0.1, -0.05) is 30.3 Å². The summed E-state index contributed by atoms with van der Waals surface area (Å²) in [5.74, 6) is 0.137. The molecule has 0 aliphatic carbocycles. The zero-order valence-electron chi connectivity index (χ0n) is 9.64. The molecular formula is C12H12BrN3O. The number of rotatable bonds is 3. The van der Waals surface area contributed by atoms with Crippen LogP contribution in [0, 0.1) is 0 Å². The van der Waals surface area contributed by atoms with Gasteiger partial charge < -0.3 is 0 Å². The molecule has 0 saturated carbocycles. The molecule has 5 heteroatoms. The summed E-state index contributed by atoms with van der Waals surface area (Å²) in [6, 6.07) is 7.51. The third-order valence-corrected chi connectivity index (χ3v) is 3.10. The van der Waals surface area contributed by atoms with Crippen molar-refractivity contribution in [3.8, 4) is 11.3 Å². The first kappa shape index (κ1) is 12.0. The largest absolute Gasteiger partial charge is 0.294 e. The van der Waals surface area contributed by atoms with Gasteiger partial charge >= 0.3 is 0 Å². The maximum Gasteiger partial charge on any atom is 0.162 e. The Morgan fingerprint density at radius 3 is 2.82 bits per heavy atom. The maximum atomic E-state index is 11.7. The normalized spacial score (nSPS) is 10.5. The summed E-state index contributed by atoms with van der Waals surface area (Å²) in [6.45, 7) is 1.86. The Hall–Kier alpha value is -1.49. The zero-order valence-corrected chi connectivity index (χ0v) is 11.2. The lowest BCUT2D eigenvalue weighted by Crippen LogP contribution is -1.98. The first-order chi connectivity index (χ1) is 8.13. The Balaban J connectivity index is 2.50. The Morgan fingerprint density at radius 2 is 2.24 bits per heavy atom. The van der Waals surface area contributed by atoms with Crippen LogP contribution in [0.15, 0.2) is 28.9 Å². The smallest absolute Gasteiger partial charge is 0.162 e. The van der Waals surface area contributed by atoms with Gasteiger partial charge in [0.15, 0.2) is 10.4 Å².